The Kier molecular flexibility index (Phi) is 13.0. The number of hydrogen-bond acceptors (Lipinski definition) is 4. The van der Waals surface area contributed by atoms with Crippen molar-refractivity contribution in [3.63, 3.8) is 0 Å². The minimum absolute atomic E-state index is 0.0983. The Morgan fingerprint density at radius 3 is 1.77 bits per heavy atom. The molecule has 2 aliphatic rings. The maximum atomic E-state index is 11.4. The molecule has 4 nitrogen and oxygen atoms in total. The van der Waals surface area contributed by atoms with Crippen molar-refractivity contribution in [3.05, 3.63) is 106 Å². The van der Waals surface area contributed by atoms with Gasteiger partial charge in [-0.05, 0) is 72.5 Å². The number of hydrogen-bond donors (Lipinski definition) is 4. The van der Waals surface area contributed by atoms with Crippen LogP contribution in [0.2, 0.25) is 0 Å². The van der Waals surface area contributed by atoms with Gasteiger partial charge in [0.15, 0.2) is 0 Å². The van der Waals surface area contributed by atoms with Gasteiger partial charge in [-0.15, -0.1) is 0 Å². The Morgan fingerprint density at radius 2 is 1.23 bits per heavy atom. The van der Waals surface area contributed by atoms with Gasteiger partial charge in [-0.25, -0.2) is 0 Å². The summed E-state index contributed by atoms with van der Waals surface area (Å²) in [6, 6.07) is 0. The predicted octanol–water partition coefficient (Wildman–Crippen LogP) is 8.16. The van der Waals surface area contributed by atoms with Crippen LogP contribution < -0.4 is 0 Å². The summed E-state index contributed by atoms with van der Waals surface area (Å²) in [7, 11) is 0. The minimum Gasteiger partial charge on any atom is -0.393 e. The van der Waals surface area contributed by atoms with Gasteiger partial charge in [-0.3, -0.25) is 0 Å². The first-order valence-corrected chi connectivity index (χ1v) is 15.7. The highest BCUT2D eigenvalue weighted by Crippen LogP contribution is 2.50. The summed E-state index contributed by atoms with van der Waals surface area (Å²) >= 11 is 0. The van der Waals surface area contributed by atoms with Crippen molar-refractivity contribution in [2.24, 2.45) is 10.8 Å². The Balaban J connectivity index is 1.96. The maximum Gasteiger partial charge on any atom is 0.117 e. The van der Waals surface area contributed by atoms with E-state index in [9.17, 15) is 20.4 Å². The molecule has 0 heterocycles. The van der Waals surface area contributed by atoms with Gasteiger partial charge in [0.1, 0.15) is 5.60 Å². The lowest BCUT2D eigenvalue weighted by atomic mass is 9.57. The Hall–Kier alpha value is -2.94. The average molecular weight is 601 g/mol. The van der Waals surface area contributed by atoms with Crippen LogP contribution in [0, 0.1) is 22.7 Å². The Labute approximate surface area is 267 Å². The SMILES string of the molecule is CC(C#CC1=C(C)CC(O)CC1(C)C)=CC=CC(C)=CC=CC=C(C)C=CC=C(C)C=CC1(O)C(C)(C)CC(O)CC1(C)O. The fourth-order valence-electron chi connectivity index (χ4n) is 6.37. The average Bonchev–Trinajstić information content (AvgIpc) is 2.87. The van der Waals surface area contributed by atoms with E-state index in [2.05, 4.69) is 51.7 Å². The van der Waals surface area contributed by atoms with Crippen molar-refractivity contribution in [1.29, 1.82) is 0 Å². The molecule has 44 heavy (non-hydrogen) atoms. The van der Waals surface area contributed by atoms with Crippen molar-refractivity contribution in [1.82, 2.24) is 0 Å². The summed E-state index contributed by atoms with van der Waals surface area (Å²) in [6.45, 7) is 19.8. The predicted molar refractivity (Wildman–Crippen MR) is 186 cm³/mol. The second-order valence-corrected chi connectivity index (χ2v) is 14.4. The minimum atomic E-state index is -1.45. The summed E-state index contributed by atoms with van der Waals surface area (Å²) in [5.74, 6) is 6.65. The van der Waals surface area contributed by atoms with Crippen LogP contribution in [0.3, 0.4) is 0 Å². The summed E-state index contributed by atoms with van der Waals surface area (Å²) in [4.78, 5) is 0. The van der Waals surface area contributed by atoms with Crippen molar-refractivity contribution in [2.45, 2.75) is 118 Å². The van der Waals surface area contributed by atoms with Gasteiger partial charge < -0.3 is 20.4 Å². The van der Waals surface area contributed by atoms with Crippen LogP contribution in [0.4, 0.5) is 0 Å². The second kappa shape index (κ2) is 15.4. The van der Waals surface area contributed by atoms with Gasteiger partial charge in [-0.2, -0.15) is 0 Å². The van der Waals surface area contributed by atoms with Crippen LogP contribution in [0.5, 0.6) is 0 Å². The number of aliphatic hydroxyl groups excluding tert-OH is 2. The molecule has 4 atom stereocenters. The van der Waals surface area contributed by atoms with Crippen molar-refractivity contribution in [2.75, 3.05) is 0 Å². The number of rotatable bonds is 8. The molecule has 0 spiro atoms. The molecule has 1 fully saturated rings. The molecule has 0 bridgehead atoms. The molecular formula is C40H56O4. The topological polar surface area (TPSA) is 80.9 Å². The van der Waals surface area contributed by atoms with Crippen LogP contribution >= 0.6 is 0 Å². The fourth-order valence-corrected chi connectivity index (χ4v) is 6.37. The highest BCUT2D eigenvalue weighted by molar-refractivity contribution is 5.45. The standard InChI is InChI=1S/C40H56O4/c1-29(17-13-19-31(3)21-22-36-33(5)25-34(41)26-37(36,6)7)15-11-12-16-30(2)18-14-20-32(4)23-24-40(44)38(8,9)27-35(42)28-39(40,10)43/h11-20,23-24,34-35,41-44H,25-28H2,1-10H3. The molecule has 0 aromatic rings. The molecule has 0 radical (unpaired) electrons. The largest absolute Gasteiger partial charge is 0.393 e. The first kappa shape index (κ1) is 37.2. The third-order valence-electron chi connectivity index (χ3n) is 8.85. The molecule has 0 aromatic heterocycles. The first-order valence-electron chi connectivity index (χ1n) is 15.7. The molecule has 0 saturated heterocycles. The van der Waals surface area contributed by atoms with E-state index in [-0.39, 0.29) is 17.9 Å². The second-order valence-electron chi connectivity index (χ2n) is 14.4. The van der Waals surface area contributed by atoms with Crippen molar-refractivity contribution < 1.29 is 20.4 Å². The molecule has 4 N–H and O–H groups in total. The normalized spacial score (nSPS) is 30.6. The van der Waals surface area contributed by atoms with E-state index < -0.39 is 22.7 Å². The van der Waals surface area contributed by atoms with Gasteiger partial charge in [0.25, 0.3) is 0 Å². The lowest BCUT2D eigenvalue weighted by Crippen LogP contribution is -2.65. The quantitative estimate of drug-likeness (QED) is 0.167. The Morgan fingerprint density at radius 1 is 0.705 bits per heavy atom. The smallest absolute Gasteiger partial charge is 0.117 e. The summed E-state index contributed by atoms with van der Waals surface area (Å²) in [6.07, 6.45) is 24.8. The van der Waals surface area contributed by atoms with Crippen LogP contribution in [-0.4, -0.2) is 43.8 Å². The van der Waals surface area contributed by atoms with E-state index in [4.69, 9.17) is 0 Å². The van der Waals surface area contributed by atoms with Gasteiger partial charge >= 0.3 is 0 Å². The van der Waals surface area contributed by atoms with E-state index in [1.54, 1.807) is 13.0 Å². The zero-order valence-electron chi connectivity index (χ0n) is 28.7. The lowest BCUT2D eigenvalue weighted by molar-refractivity contribution is -0.216. The molecular weight excluding hydrogens is 544 g/mol. The molecule has 2 rings (SSSR count). The lowest BCUT2D eigenvalue weighted by Gasteiger charge is -2.54. The zero-order valence-corrected chi connectivity index (χ0v) is 28.7. The van der Waals surface area contributed by atoms with E-state index in [1.165, 1.54) is 5.57 Å². The summed E-state index contributed by atoms with van der Waals surface area (Å²) in [5, 5.41) is 42.6. The van der Waals surface area contributed by atoms with Gasteiger partial charge in [0.2, 0.25) is 0 Å². The van der Waals surface area contributed by atoms with E-state index >= 15 is 0 Å². The van der Waals surface area contributed by atoms with Crippen LogP contribution in [0.25, 0.3) is 0 Å². The molecule has 4 heteroatoms. The third kappa shape index (κ3) is 10.3. The maximum absolute atomic E-state index is 11.4. The van der Waals surface area contributed by atoms with Crippen molar-refractivity contribution in [3.8, 4) is 11.8 Å². The molecule has 0 aromatic carbocycles. The first-order chi connectivity index (χ1) is 20.3. The number of aliphatic hydroxyl groups is 4. The van der Waals surface area contributed by atoms with E-state index in [0.29, 0.717) is 12.8 Å². The molecule has 4 unspecified atom stereocenters. The third-order valence-corrected chi connectivity index (χ3v) is 8.85. The summed E-state index contributed by atoms with van der Waals surface area (Å²) in [5.41, 5.74) is 2.87. The highest BCUT2D eigenvalue weighted by atomic mass is 16.4. The number of allylic oxidation sites excluding steroid dienone is 16. The van der Waals surface area contributed by atoms with Crippen LogP contribution in [0.15, 0.2) is 106 Å². The van der Waals surface area contributed by atoms with Gasteiger partial charge in [-0.1, -0.05) is 129 Å². The molecule has 0 amide bonds. The van der Waals surface area contributed by atoms with Gasteiger partial charge in [0.05, 0.1) is 17.8 Å². The summed E-state index contributed by atoms with van der Waals surface area (Å²) < 4.78 is 0. The molecule has 1 saturated carbocycles. The van der Waals surface area contributed by atoms with E-state index in [0.717, 1.165) is 34.3 Å². The Bertz CT molecular complexity index is 1350. The fraction of sp³-hybridized carbons (Fsp3) is 0.500. The molecule has 240 valence electrons. The van der Waals surface area contributed by atoms with Crippen molar-refractivity contribution >= 4 is 0 Å². The highest BCUT2D eigenvalue weighted by Gasteiger charge is 2.58. The molecule has 2 aliphatic carbocycles. The monoisotopic (exact) mass is 600 g/mol. The van der Waals surface area contributed by atoms with Gasteiger partial charge in [0, 0.05) is 22.8 Å². The zero-order chi connectivity index (χ0) is 33.3. The molecule has 0 aliphatic heterocycles. The van der Waals surface area contributed by atoms with E-state index in [1.807, 2.05) is 89.3 Å². The van der Waals surface area contributed by atoms with Crippen LogP contribution in [-0.2, 0) is 0 Å². The van der Waals surface area contributed by atoms with Crippen LogP contribution in [0.1, 0.15) is 94.9 Å².